The number of benzene rings is 1. The van der Waals surface area contributed by atoms with Gasteiger partial charge in [0.15, 0.2) is 9.84 Å². The molecule has 0 radical (unpaired) electrons. The molecule has 0 aliphatic carbocycles. The lowest BCUT2D eigenvalue weighted by Gasteiger charge is -2.21. The smallest absolute Gasteiger partial charge is 0.258 e. The van der Waals surface area contributed by atoms with E-state index in [9.17, 15) is 18.5 Å². The lowest BCUT2D eigenvalue weighted by atomic mass is 10.2. The molecule has 1 saturated heterocycles. The third-order valence-electron chi connectivity index (χ3n) is 2.54. The first-order chi connectivity index (χ1) is 8.00. The Morgan fingerprint density at radius 1 is 1.29 bits per heavy atom. The Kier molecular flexibility index (Phi) is 3.39. The van der Waals surface area contributed by atoms with Crippen LogP contribution in [0.5, 0.6) is 0 Å². The van der Waals surface area contributed by atoms with E-state index in [0.29, 0.717) is 12.0 Å². The zero-order valence-corrected chi connectivity index (χ0v) is 10.5. The highest BCUT2D eigenvalue weighted by Gasteiger charge is 2.31. The Morgan fingerprint density at radius 2 is 1.94 bits per heavy atom. The van der Waals surface area contributed by atoms with E-state index in [4.69, 9.17) is 0 Å². The van der Waals surface area contributed by atoms with Crippen LogP contribution in [0.3, 0.4) is 0 Å². The second kappa shape index (κ2) is 4.66. The number of nitro benzene ring substituents is 1. The van der Waals surface area contributed by atoms with Crippen LogP contribution >= 0.6 is 11.8 Å². The molecule has 1 fully saturated rings. The van der Waals surface area contributed by atoms with E-state index >= 15 is 0 Å². The molecule has 1 heterocycles. The molecule has 2 rings (SSSR count). The van der Waals surface area contributed by atoms with Crippen molar-refractivity contribution >= 4 is 27.3 Å². The number of rotatable bonds is 2. The maximum Gasteiger partial charge on any atom is 0.269 e. The second-order valence-electron chi connectivity index (χ2n) is 3.77. The molecular formula is C10H11NO4S2. The third kappa shape index (κ3) is 2.61. The lowest BCUT2D eigenvalue weighted by molar-refractivity contribution is -0.384. The molecule has 1 atom stereocenters. The summed E-state index contributed by atoms with van der Waals surface area (Å²) in [7, 11) is -3.12. The summed E-state index contributed by atoms with van der Waals surface area (Å²) in [5.41, 5.74) is 0.604. The topological polar surface area (TPSA) is 77.3 Å². The van der Waals surface area contributed by atoms with Crippen LogP contribution in [0.4, 0.5) is 5.69 Å². The van der Waals surface area contributed by atoms with Crippen molar-refractivity contribution in [3.8, 4) is 0 Å². The van der Waals surface area contributed by atoms with Crippen LogP contribution in [-0.2, 0) is 9.84 Å². The first-order valence-corrected chi connectivity index (χ1v) is 7.85. The van der Waals surface area contributed by atoms with E-state index in [0.717, 1.165) is 5.75 Å². The summed E-state index contributed by atoms with van der Waals surface area (Å²) >= 11 is 1.38. The molecule has 1 aliphatic rings. The molecule has 0 spiro atoms. The minimum absolute atomic E-state index is 0.0213. The fourth-order valence-electron chi connectivity index (χ4n) is 1.72. The van der Waals surface area contributed by atoms with Gasteiger partial charge in [0.05, 0.1) is 10.7 Å². The van der Waals surface area contributed by atoms with E-state index < -0.39 is 19.3 Å². The molecule has 7 heteroatoms. The molecule has 0 saturated carbocycles. The highest BCUT2D eigenvalue weighted by Crippen LogP contribution is 2.39. The Morgan fingerprint density at radius 3 is 2.47 bits per heavy atom. The molecule has 1 aromatic rings. The van der Waals surface area contributed by atoms with Gasteiger partial charge in [0.1, 0.15) is 4.58 Å². The van der Waals surface area contributed by atoms with Crippen molar-refractivity contribution in [2.75, 3.05) is 11.5 Å². The van der Waals surface area contributed by atoms with Gasteiger partial charge in [-0.05, 0) is 17.7 Å². The Labute approximate surface area is 103 Å². The predicted molar refractivity (Wildman–Crippen MR) is 66.7 cm³/mol. The first kappa shape index (κ1) is 12.4. The maximum absolute atomic E-state index is 11.8. The largest absolute Gasteiger partial charge is 0.269 e. The van der Waals surface area contributed by atoms with E-state index in [1.54, 1.807) is 0 Å². The molecule has 0 amide bonds. The van der Waals surface area contributed by atoms with Crippen LogP contribution < -0.4 is 0 Å². The molecule has 92 valence electrons. The Balaban J connectivity index is 2.30. The van der Waals surface area contributed by atoms with E-state index in [1.165, 1.54) is 36.0 Å². The van der Waals surface area contributed by atoms with Crippen LogP contribution in [0.15, 0.2) is 24.3 Å². The number of hydrogen-bond donors (Lipinski definition) is 0. The standard InChI is InChI=1S/C10H11NO4S2/c12-11(13)9-4-2-8(3-5-9)10-16-6-1-7-17(10,14)15/h2-5,10H,1,6-7H2. The van der Waals surface area contributed by atoms with Crippen LogP contribution in [0.1, 0.15) is 16.6 Å². The first-order valence-electron chi connectivity index (χ1n) is 5.08. The van der Waals surface area contributed by atoms with Gasteiger partial charge in [-0.25, -0.2) is 8.42 Å². The van der Waals surface area contributed by atoms with Crippen LogP contribution in [0, 0.1) is 10.1 Å². The van der Waals surface area contributed by atoms with Gasteiger partial charge in [-0.15, -0.1) is 11.8 Å². The fourth-order valence-corrected chi connectivity index (χ4v) is 5.51. The number of thioether (sulfide) groups is 1. The average Bonchev–Trinajstić information content (AvgIpc) is 2.28. The van der Waals surface area contributed by atoms with Crippen molar-refractivity contribution in [3.63, 3.8) is 0 Å². The van der Waals surface area contributed by atoms with Gasteiger partial charge in [0.25, 0.3) is 5.69 Å². The van der Waals surface area contributed by atoms with Crippen molar-refractivity contribution in [2.24, 2.45) is 0 Å². The van der Waals surface area contributed by atoms with Gasteiger partial charge in [0, 0.05) is 12.1 Å². The van der Waals surface area contributed by atoms with Crippen molar-refractivity contribution < 1.29 is 13.3 Å². The quantitative estimate of drug-likeness (QED) is 0.609. The highest BCUT2D eigenvalue weighted by molar-refractivity contribution is 8.13. The molecule has 0 N–H and O–H groups in total. The minimum atomic E-state index is -3.12. The Hall–Kier alpha value is -1.08. The number of sulfone groups is 1. The summed E-state index contributed by atoms with van der Waals surface area (Å²) in [6.07, 6.45) is 0.677. The van der Waals surface area contributed by atoms with Crippen molar-refractivity contribution in [2.45, 2.75) is 11.0 Å². The summed E-state index contributed by atoms with van der Waals surface area (Å²) in [6, 6.07) is 5.75. The van der Waals surface area contributed by atoms with Gasteiger partial charge >= 0.3 is 0 Å². The number of nitrogens with zero attached hydrogens (tertiary/aromatic N) is 1. The summed E-state index contributed by atoms with van der Waals surface area (Å²) in [6.45, 7) is 0. The maximum atomic E-state index is 11.8. The molecule has 0 bridgehead atoms. The lowest BCUT2D eigenvalue weighted by Crippen LogP contribution is -2.19. The van der Waals surface area contributed by atoms with Gasteiger partial charge in [-0.1, -0.05) is 12.1 Å². The van der Waals surface area contributed by atoms with Crippen LogP contribution in [-0.4, -0.2) is 24.8 Å². The summed E-state index contributed by atoms with van der Waals surface area (Å²) in [5.74, 6) is 1.00. The van der Waals surface area contributed by atoms with Crippen LogP contribution in [0.25, 0.3) is 0 Å². The van der Waals surface area contributed by atoms with Gasteiger partial charge in [-0.3, -0.25) is 10.1 Å². The van der Waals surface area contributed by atoms with Gasteiger partial charge in [-0.2, -0.15) is 0 Å². The predicted octanol–water partition coefficient (Wildman–Crippen LogP) is 2.15. The highest BCUT2D eigenvalue weighted by atomic mass is 32.3. The summed E-state index contributed by atoms with van der Waals surface area (Å²) in [4.78, 5) is 10.0. The van der Waals surface area contributed by atoms with Gasteiger partial charge < -0.3 is 0 Å². The number of hydrogen-bond acceptors (Lipinski definition) is 5. The van der Waals surface area contributed by atoms with Crippen molar-refractivity contribution in [1.29, 1.82) is 0 Å². The normalized spacial score (nSPS) is 23.2. The molecule has 1 aromatic carbocycles. The van der Waals surface area contributed by atoms with Crippen molar-refractivity contribution in [1.82, 2.24) is 0 Å². The zero-order chi connectivity index (χ0) is 12.5. The monoisotopic (exact) mass is 273 g/mol. The second-order valence-corrected chi connectivity index (χ2v) is 7.49. The molecule has 1 unspecified atom stereocenters. The van der Waals surface area contributed by atoms with E-state index in [2.05, 4.69) is 0 Å². The third-order valence-corrected chi connectivity index (χ3v) is 6.71. The van der Waals surface area contributed by atoms with Crippen molar-refractivity contribution in [3.05, 3.63) is 39.9 Å². The summed E-state index contributed by atoms with van der Waals surface area (Å²) in [5, 5.41) is 10.5. The average molecular weight is 273 g/mol. The minimum Gasteiger partial charge on any atom is -0.258 e. The van der Waals surface area contributed by atoms with Crippen LogP contribution in [0.2, 0.25) is 0 Å². The molecule has 17 heavy (non-hydrogen) atoms. The SMILES string of the molecule is O=[N+]([O-])c1ccc(C2SCCCS2(=O)=O)cc1. The summed E-state index contributed by atoms with van der Waals surface area (Å²) < 4.78 is 23.1. The van der Waals surface area contributed by atoms with E-state index in [-0.39, 0.29) is 11.4 Å². The zero-order valence-electron chi connectivity index (χ0n) is 8.90. The molecular weight excluding hydrogens is 262 g/mol. The molecule has 5 nitrogen and oxygen atoms in total. The fraction of sp³-hybridized carbons (Fsp3) is 0.400. The van der Waals surface area contributed by atoms with Gasteiger partial charge in [0.2, 0.25) is 0 Å². The molecule has 0 aromatic heterocycles. The molecule has 1 aliphatic heterocycles. The Bertz CT molecular complexity index is 524. The van der Waals surface area contributed by atoms with E-state index in [1.807, 2.05) is 0 Å². The number of non-ortho nitro benzene ring substituents is 1. The number of nitro groups is 1.